The van der Waals surface area contributed by atoms with Crippen LogP contribution in [0.3, 0.4) is 0 Å². The molecule has 2 aliphatic heterocycles. The Bertz CT molecular complexity index is 892. The standard InChI is InChI=1S/C24H29N3O3/c1-18-15-21(7-11-25-18)23(29)27-12-9-24(10-13-27)16-19(8-14-30-24)17-26-22(28)20-5-3-2-4-6-20/h2-7,11,15,19H,8-10,12-14,16-17H2,1H3,(H,26,28). The van der Waals surface area contributed by atoms with Crippen molar-refractivity contribution >= 4 is 11.8 Å². The SMILES string of the molecule is Cc1cc(C(=O)N2CCC3(CC2)CC(CNC(=O)c2ccccc2)CCO3)ccn1. The maximum Gasteiger partial charge on any atom is 0.253 e. The van der Waals surface area contributed by atoms with Gasteiger partial charge in [-0.3, -0.25) is 14.6 Å². The van der Waals surface area contributed by atoms with Crippen LogP contribution in [0.4, 0.5) is 0 Å². The number of carbonyl (C=O) groups is 2. The molecule has 0 aliphatic carbocycles. The van der Waals surface area contributed by atoms with Crippen molar-refractivity contribution in [3.05, 3.63) is 65.5 Å². The summed E-state index contributed by atoms with van der Waals surface area (Å²) in [7, 11) is 0. The number of nitrogens with one attached hydrogen (secondary N) is 1. The molecule has 158 valence electrons. The van der Waals surface area contributed by atoms with Crippen molar-refractivity contribution in [2.75, 3.05) is 26.2 Å². The summed E-state index contributed by atoms with van der Waals surface area (Å²) < 4.78 is 6.22. The van der Waals surface area contributed by atoms with Gasteiger partial charge >= 0.3 is 0 Å². The predicted molar refractivity (Wildman–Crippen MR) is 114 cm³/mol. The van der Waals surface area contributed by atoms with Gasteiger partial charge in [0.2, 0.25) is 0 Å². The van der Waals surface area contributed by atoms with E-state index in [1.807, 2.05) is 48.2 Å². The third-order valence-electron chi connectivity index (χ3n) is 6.29. The number of likely N-dealkylation sites (tertiary alicyclic amines) is 1. The van der Waals surface area contributed by atoms with Crippen molar-refractivity contribution in [3.63, 3.8) is 0 Å². The zero-order chi connectivity index (χ0) is 21.0. The molecule has 2 fully saturated rings. The Morgan fingerprint density at radius 2 is 1.93 bits per heavy atom. The fraction of sp³-hybridized carbons (Fsp3) is 0.458. The second-order valence-electron chi connectivity index (χ2n) is 8.44. The first-order valence-corrected chi connectivity index (χ1v) is 10.7. The van der Waals surface area contributed by atoms with Crippen molar-refractivity contribution in [1.82, 2.24) is 15.2 Å². The summed E-state index contributed by atoms with van der Waals surface area (Å²) in [4.78, 5) is 31.2. The Kier molecular flexibility index (Phi) is 6.13. The zero-order valence-electron chi connectivity index (χ0n) is 17.5. The Morgan fingerprint density at radius 3 is 2.67 bits per heavy atom. The molecule has 2 aliphatic rings. The average Bonchev–Trinajstić information content (AvgIpc) is 2.78. The van der Waals surface area contributed by atoms with Crippen molar-refractivity contribution in [2.45, 2.75) is 38.2 Å². The Morgan fingerprint density at radius 1 is 1.17 bits per heavy atom. The molecule has 1 atom stereocenters. The fourth-order valence-corrected chi connectivity index (χ4v) is 4.56. The summed E-state index contributed by atoms with van der Waals surface area (Å²) in [5.41, 5.74) is 2.07. The lowest BCUT2D eigenvalue weighted by atomic mass is 9.79. The Hall–Kier alpha value is -2.73. The van der Waals surface area contributed by atoms with Crippen molar-refractivity contribution in [2.24, 2.45) is 5.92 Å². The van der Waals surface area contributed by atoms with Gasteiger partial charge in [0.25, 0.3) is 11.8 Å². The Labute approximate surface area is 177 Å². The number of hydrogen-bond donors (Lipinski definition) is 1. The van der Waals surface area contributed by atoms with Crippen LogP contribution in [0.1, 0.15) is 52.1 Å². The molecule has 30 heavy (non-hydrogen) atoms. The topological polar surface area (TPSA) is 71.5 Å². The summed E-state index contributed by atoms with van der Waals surface area (Å²) in [5, 5.41) is 3.08. The first-order valence-electron chi connectivity index (χ1n) is 10.7. The molecule has 6 heteroatoms. The van der Waals surface area contributed by atoms with Crippen LogP contribution in [0.15, 0.2) is 48.7 Å². The molecule has 1 spiro atoms. The minimum absolute atomic E-state index is 0.0239. The van der Waals surface area contributed by atoms with Crippen LogP contribution >= 0.6 is 0 Å². The highest BCUT2D eigenvalue weighted by atomic mass is 16.5. The zero-order valence-corrected chi connectivity index (χ0v) is 17.5. The molecule has 6 nitrogen and oxygen atoms in total. The number of nitrogens with zero attached hydrogens (tertiary/aromatic N) is 2. The quantitative estimate of drug-likeness (QED) is 0.845. The van der Waals surface area contributed by atoms with Crippen LogP contribution in [0.5, 0.6) is 0 Å². The van der Waals surface area contributed by atoms with Crippen LogP contribution in [-0.2, 0) is 4.74 Å². The molecule has 3 heterocycles. The van der Waals surface area contributed by atoms with Gasteiger partial charge in [-0.2, -0.15) is 0 Å². The third-order valence-corrected chi connectivity index (χ3v) is 6.29. The van der Waals surface area contributed by atoms with E-state index in [4.69, 9.17) is 4.74 Å². The van der Waals surface area contributed by atoms with E-state index in [2.05, 4.69) is 10.3 Å². The van der Waals surface area contributed by atoms with Crippen LogP contribution in [0.2, 0.25) is 0 Å². The van der Waals surface area contributed by atoms with E-state index in [0.29, 0.717) is 43.3 Å². The minimum atomic E-state index is -0.175. The maximum atomic E-state index is 12.8. The number of hydrogen-bond acceptors (Lipinski definition) is 4. The van der Waals surface area contributed by atoms with Gasteiger partial charge in [0.15, 0.2) is 0 Å². The lowest BCUT2D eigenvalue weighted by molar-refractivity contribution is -0.122. The molecular weight excluding hydrogens is 378 g/mol. The van der Waals surface area contributed by atoms with E-state index in [1.165, 1.54) is 0 Å². The second kappa shape index (κ2) is 8.96. The fourth-order valence-electron chi connectivity index (χ4n) is 4.56. The summed E-state index contributed by atoms with van der Waals surface area (Å²) in [6.07, 6.45) is 5.25. The Balaban J connectivity index is 1.30. The third kappa shape index (κ3) is 4.70. The number of carbonyl (C=O) groups excluding carboxylic acids is 2. The minimum Gasteiger partial charge on any atom is -0.375 e. The highest BCUT2D eigenvalue weighted by molar-refractivity contribution is 5.94. The molecule has 2 amide bonds. The smallest absolute Gasteiger partial charge is 0.253 e. The van der Waals surface area contributed by atoms with Gasteiger partial charge in [0, 0.05) is 49.3 Å². The van der Waals surface area contributed by atoms with Crippen LogP contribution in [-0.4, -0.2) is 53.5 Å². The molecule has 0 saturated carbocycles. The maximum absolute atomic E-state index is 12.8. The molecule has 0 bridgehead atoms. The van der Waals surface area contributed by atoms with Crippen LogP contribution in [0, 0.1) is 12.8 Å². The van der Waals surface area contributed by atoms with Gasteiger partial charge in [-0.25, -0.2) is 0 Å². The predicted octanol–water partition coefficient (Wildman–Crippen LogP) is 3.22. The van der Waals surface area contributed by atoms with E-state index in [9.17, 15) is 9.59 Å². The molecule has 1 N–H and O–H groups in total. The van der Waals surface area contributed by atoms with E-state index in [-0.39, 0.29) is 17.4 Å². The molecule has 1 aromatic heterocycles. The molecule has 2 saturated heterocycles. The number of rotatable bonds is 4. The van der Waals surface area contributed by atoms with Gasteiger partial charge in [-0.15, -0.1) is 0 Å². The number of aryl methyl sites for hydroxylation is 1. The van der Waals surface area contributed by atoms with Crippen molar-refractivity contribution in [3.8, 4) is 0 Å². The molecule has 1 aromatic carbocycles. The number of benzene rings is 1. The normalized spacial score (nSPS) is 20.7. The number of amides is 2. The number of ether oxygens (including phenoxy) is 1. The van der Waals surface area contributed by atoms with E-state index < -0.39 is 0 Å². The molecule has 0 radical (unpaired) electrons. The van der Waals surface area contributed by atoms with Crippen molar-refractivity contribution in [1.29, 1.82) is 0 Å². The summed E-state index contributed by atoms with van der Waals surface area (Å²) in [5.74, 6) is 0.443. The lowest BCUT2D eigenvalue weighted by Gasteiger charge is -2.46. The van der Waals surface area contributed by atoms with Gasteiger partial charge in [-0.05, 0) is 62.8 Å². The molecule has 4 rings (SSSR count). The number of piperidine rings is 1. The van der Waals surface area contributed by atoms with Crippen molar-refractivity contribution < 1.29 is 14.3 Å². The van der Waals surface area contributed by atoms with E-state index >= 15 is 0 Å². The number of aromatic nitrogens is 1. The van der Waals surface area contributed by atoms with Gasteiger partial charge < -0.3 is 15.0 Å². The van der Waals surface area contributed by atoms with Gasteiger partial charge in [0.05, 0.1) is 5.60 Å². The van der Waals surface area contributed by atoms with Gasteiger partial charge in [-0.1, -0.05) is 18.2 Å². The summed E-state index contributed by atoms with van der Waals surface area (Å²) in [6.45, 7) is 4.67. The molecule has 1 unspecified atom stereocenters. The van der Waals surface area contributed by atoms with E-state index in [0.717, 1.165) is 31.4 Å². The first-order chi connectivity index (χ1) is 14.5. The summed E-state index contributed by atoms with van der Waals surface area (Å²) in [6, 6.07) is 12.9. The number of pyridine rings is 1. The highest BCUT2D eigenvalue weighted by Gasteiger charge is 2.41. The van der Waals surface area contributed by atoms with E-state index in [1.54, 1.807) is 12.3 Å². The first kappa shape index (κ1) is 20.5. The largest absolute Gasteiger partial charge is 0.375 e. The average molecular weight is 408 g/mol. The van der Waals surface area contributed by atoms with Crippen LogP contribution < -0.4 is 5.32 Å². The van der Waals surface area contributed by atoms with Crippen LogP contribution in [0.25, 0.3) is 0 Å². The molecule has 2 aromatic rings. The molecular formula is C24H29N3O3. The highest BCUT2D eigenvalue weighted by Crippen LogP contribution is 2.37. The monoisotopic (exact) mass is 407 g/mol. The lowest BCUT2D eigenvalue weighted by Crippen LogP contribution is -2.51. The van der Waals surface area contributed by atoms with Gasteiger partial charge in [0.1, 0.15) is 0 Å². The second-order valence-corrected chi connectivity index (χ2v) is 8.44. The summed E-state index contributed by atoms with van der Waals surface area (Å²) >= 11 is 0.